The third-order valence-electron chi connectivity index (χ3n) is 2.31. The van der Waals surface area contributed by atoms with Crippen molar-refractivity contribution in [3.05, 3.63) is 35.9 Å². The molecule has 0 aliphatic carbocycles. The van der Waals surface area contributed by atoms with E-state index in [9.17, 15) is 5.11 Å². The molecule has 0 amide bonds. The molecule has 2 rings (SSSR count). The predicted molar refractivity (Wildman–Crippen MR) is 47.8 cm³/mol. The first-order valence-electron chi connectivity index (χ1n) is 4.32. The third kappa shape index (κ3) is 1.49. The molecular formula is C10H13NO. The van der Waals surface area contributed by atoms with Crippen LogP contribution in [0.5, 0.6) is 0 Å². The van der Waals surface area contributed by atoms with Crippen LogP contribution < -0.4 is 5.32 Å². The van der Waals surface area contributed by atoms with E-state index in [0.717, 1.165) is 13.0 Å². The Balaban J connectivity index is 2.11. The fraction of sp³-hybridized carbons (Fsp3) is 0.400. The molecule has 0 unspecified atom stereocenters. The third-order valence-corrected chi connectivity index (χ3v) is 2.31. The number of hydrogen-bond donors (Lipinski definition) is 2. The second-order valence-corrected chi connectivity index (χ2v) is 3.26. The molecule has 1 fully saturated rings. The van der Waals surface area contributed by atoms with Crippen molar-refractivity contribution in [1.82, 2.24) is 5.32 Å². The molecule has 2 N–H and O–H groups in total. The number of aliphatic hydroxyl groups is 1. The van der Waals surface area contributed by atoms with Gasteiger partial charge in [-0.05, 0) is 12.0 Å². The molecule has 1 heterocycles. The lowest BCUT2D eigenvalue weighted by Gasteiger charge is -2.08. The van der Waals surface area contributed by atoms with Crippen LogP contribution >= 0.6 is 0 Å². The Morgan fingerprint density at radius 3 is 2.58 bits per heavy atom. The van der Waals surface area contributed by atoms with E-state index in [4.69, 9.17) is 0 Å². The van der Waals surface area contributed by atoms with Crippen molar-refractivity contribution in [2.75, 3.05) is 6.54 Å². The van der Waals surface area contributed by atoms with E-state index < -0.39 is 0 Å². The zero-order chi connectivity index (χ0) is 8.39. The maximum atomic E-state index is 9.30. The smallest absolute Gasteiger partial charge is 0.0682 e. The van der Waals surface area contributed by atoms with Crippen LogP contribution in [0, 0.1) is 0 Å². The van der Waals surface area contributed by atoms with Gasteiger partial charge in [0.25, 0.3) is 0 Å². The number of aliphatic hydroxyl groups excluding tert-OH is 1. The molecule has 0 bridgehead atoms. The van der Waals surface area contributed by atoms with Crippen LogP contribution in [-0.2, 0) is 0 Å². The van der Waals surface area contributed by atoms with Crippen molar-refractivity contribution in [3.63, 3.8) is 0 Å². The molecule has 2 atom stereocenters. The Hall–Kier alpha value is -0.860. The lowest BCUT2D eigenvalue weighted by Crippen LogP contribution is -2.14. The largest absolute Gasteiger partial charge is 0.392 e. The molecule has 64 valence electrons. The van der Waals surface area contributed by atoms with Gasteiger partial charge in [0.05, 0.1) is 6.10 Å². The summed E-state index contributed by atoms with van der Waals surface area (Å²) in [7, 11) is 0. The van der Waals surface area contributed by atoms with E-state index in [1.807, 2.05) is 18.2 Å². The van der Waals surface area contributed by atoms with Crippen molar-refractivity contribution >= 4 is 0 Å². The van der Waals surface area contributed by atoms with Crippen molar-refractivity contribution in [1.29, 1.82) is 0 Å². The quantitative estimate of drug-likeness (QED) is 0.649. The van der Waals surface area contributed by atoms with Crippen LogP contribution in [-0.4, -0.2) is 17.8 Å². The minimum absolute atomic E-state index is 0.171. The van der Waals surface area contributed by atoms with Crippen LogP contribution in [0.3, 0.4) is 0 Å². The van der Waals surface area contributed by atoms with Gasteiger partial charge in [-0.2, -0.15) is 0 Å². The van der Waals surface area contributed by atoms with Crippen LogP contribution in [0.2, 0.25) is 0 Å². The predicted octanol–water partition coefficient (Wildman–Crippen LogP) is 1.08. The summed E-state index contributed by atoms with van der Waals surface area (Å²) < 4.78 is 0. The van der Waals surface area contributed by atoms with Gasteiger partial charge in [0, 0.05) is 12.6 Å². The normalized spacial score (nSPS) is 29.1. The minimum atomic E-state index is -0.171. The average molecular weight is 163 g/mol. The number of benzene rings is 1. The van der Waals surface area contributed by atoms with E-state index in [-0.39, 0.29) is 6.10 Å². The highest BCUT2D eigenvalue weighted by Gasteiger charge is 2.22. The van der Waals surface area contributed by atoms with E-state index in [1.54, 1.807) is 0 Å². The second kappa shape index (κ2) is 3.25. The molecule has 0 saturated carbocycles. The Morgan fingerprint density at radius 2 is 2.00 bits per heavy atom. The molecule has 1 aromatic rings. The van der Waals surface area contributed by atoms with Crippen molar-refractivity contribution in [3.8, 4) is 0 Å². The molecule has 2 heteroatoms. The number of nitrogens with one attached hydrogen (secondary N) is 1. The summed E-state index contributed by atoms with van der Waals surface area (Å²) in [5.41, 5.74) is 1.27. The van der Waals surface area contributed by atoms with Gasteiger partial charge in [-0.3, -0.25) is 0 Å². The van der Waals surface area contributed by atoms with Crippen LogP contribution in [0.15, 0.2) is 30.3 Å². The van der Waals surface area contributed by atoms with Crippen molar-refractivity contribution < 1.29 is 5.11 Å². The summed E-state index contributed by atoms with van der Waals surface area (Å²) in [5.74, 6) is 0. The molecular weight excluding hydrogens is 150 g/mol. The van der Waals surface area contributed by atoms with E-state index >= 15 is 0 Å². The molecule has 1 saturated heterocycles. The van der Waals surface area contributed by atoms with Gasteiger partial charge in [0.2, 0.25) is 0 Å². The maximum Gasteiger partial charge on any atom is 0.0682 e. The van der Waals surface area contributed by atoms with Gasteiger partial charge in [0.1, 0.15) is 0 Å². The molecule has 0 radical (unpaired) electrons. The average Bonchev–Trinajstić information content (AvgIpc) is 2.54. The molecule has 1 aromatic carbocycles. The Kier molecular flexibility index (Phi) is 2.11. The lowest BCUT2D eigenvalue weighted by atomic mass is 10.1. The van der Waals surface area contributed by atoms with Gasteiger partial charge in [-0.25, -0.2) is 0 Å². The highest BCUT2D eigenvalue weighted by molar-refractivity contribution is 5.20. The Labute approximate surface area is 72.2 Å². The summed E-state index contributed by atoms with van der Waals surface area (Å²) in [6.45, 7) is 0.722. The zero-order valence-electron chi connectivity index (χ0n) is 6.90. The fourth-order valence-corrected chi connectivity index (χ4v) is 1.66. The van der Waals surface area contributed by atoms with Crippen LogP contribution in [0.4, 0.5) is 0 Å². The summed E-state index contributed by atoms with van der Waals surface area (Å²) in [6.07, 6.45) is 0.666. The summed E-state index contributed by atoms with van der Waals surface area (Å²) in [6, 6.07) is 10.6. The highest BCUT2D eigenvalue weighted by Crippen LogP contribution is 2.22. The Morgan fingerprint density at radius 1 is 1.25 bits per heavy atom. The molecule has 2 nitrogen and oxygen atoms in total. The van der Waals surface area contributed by atoms with E-state index in [0.29, 0.717) is 6.04 Å². The molecule has 1 aliphatic heterocycles. The molecule has 1 aliphatic rings. The maximum absolute atomic E-state index is 9.30. The first-order chi connectivity index (χ1) is 5.86. The zero-order valence-corrected chi connectivity index (χ0v) is 6.90. The van der Waals surface area contributed by atoms with E-state index in [2.05, 4.69) is 17.4 Å². The van der Waals surface area contributed by atoms with Gasteiger partial charge >= 0.3 is 0 Å². The second-order valence-electron chi connectivity index (χ2n) is 3.26. The molecule has 12 heavy (non-hydrogen) atoms. The Bertz CT molecular complexity index is 247. The number of hydrogen-bond acceptors (Lipinski definition) is 2. The topological polar surface area (TPSA) is 32.3 Å². The highest BCUT2D eigenvalue weighted by atomic mass is 16.3. The lowest BCUT2D eigenvalue weighted by molar-refractivity contribution is 0.193. The minimum Gasteiger partial charge on any atom is -0.392 e. The summed E-state index contributed by atoms with van der Waals surface area (Å²) >= 11 is 0. The van der Waals surface area contributed by atoms with Crippen molar-refractivity contribution in [2.45, 2.75) is 18.6 Å². The summed E-state index contributed by atoms with van der Waals surface area (Å²) in [4.78, 5) is 0. The van der Waals surface area contributed by atoms with Gasteiger partial charge in [-0.1, -0.05) is 30.3 Å². The number of rotatable bonds is 1. The first kappa shape index (κ1) is 7.77. The standard InChI is InChI=1S/C10H13NO/c12-9-6-10(11-7-9)8-4-2-1-3-5-8/h1-5,9-12H,6-7H2/t9-,10-/m1/s1. The van der Waals surface area contributed by atoms with Gasteiger partial charge in [-0.15, -0.1) is 0 Å². The van der Waals surface area contributed by atoms with Crippen molar-refractivity contribution in [2.24, 2.45) is 0 Å². The van der Waals surface area contributed by atoms with E-state index in [1.165, 1.54) is 5.56 Å². The monoisotopic (exact) mass is 163 g/mol. The first-order valence-corrected chi connectivity index (χ1v) is 4.32. The van der Waals surface area contributed by atoms with Gasteiger partial charge in [0.15, 0.2) is 0 Å². The SMILES string of the molecule is O[C@H]1CN[C@@H](c2ccccc2)C1. The molecule has 0 aromatic heterocycles. The number of β-amino-alcohol motifs (C(OH)–C–C–N with tert-alkyl or cyclic N) is 1. The summed E-state index contributed by atoms with van der Waals surface area (Å²) in [5, 5.41) is 12.6. The van der Waals surface area contributed by atoms with Crippen LogP contribution in [0.25, 0.3) is 0 Å². The fourth-order valence-electron chi connectivity index (χ4n) is 1.66. The van der Waals surface area contributed by atoms with Crippen LogP contribution in [0.1, 0.15) is 18.0 Å². The van der Waals surface area contributed by atoms with Gasteiger partial charge < -0.3 is 10.4 Å². The molecule has 0 spiro atoms.